The summed E-state index contributed by atoms with van der Waals surface area (Å²) in [6, 6.07) is 8.22. The number of amides is 1. The van der Waals surface area contributed by atoms with Gasteiger partial charge in [-0.1, -0.05) is 23.2 Å². The molecule has 6 nitrogen and oxygen atoms in total. The molecule has 2 aromatic heterocycles. The largest absolute Gasteiger partial charge is 0.470 e. The first-order valence-electron chi connectivity index (χ1n) is 7.53. The van der Waals surface area contributed by atoms with E-state index in [1.807, 2.05) is 6.92 Å². The van der Waals surface area contributed by atoms with Crippen LogP contribution in [0.3, 0.4) is 0 Å². The molecule has 9 heteroatoms. The van der Waals surface area contributed by atoms with Crippen LogP contribution in [0.4, 0.5) is 5.69 Å². The highest BCUT2D eigenvalue weighted by molar-refractivity contribution is 9.10. The smallest absolute Gasteiger partial charge is 0.291 e. The Morgan fingerprint density at radius 3 is 2.73 bits per heavy atom. The highest BCUT2D eigenvalue weighted by atomic mass is 79.9. The highest BCUT2D eigenvalue weighted by Gasteiger charge is 2.17. The van der Waals surface area contributed by atoms with E-state index in [9.17, 15) is 4.79 Å². The fourth-order valence-electron chi connectivity index (χ4n) is 2.34. The van der Waals surface area contributed by atoms with E-state index in [1.54, 1.807) is 41.9 Å². The minimum atomic E-state index is -0.358. The maximum atomic E-state index is 12.3. The molecule has 136 valence electrons. The van der Waals surface area contributed by atoms with E-state index in [-0.39, 0.29) is 18.4 Å². The molecule has 2 heterocycles. The number of halogens is 3. The van der Waals surface area contributed by atoms with Gasteiger partial charge in [0, 0.05) is 5.02 Å². The highest BCUT2D eigenvalue weighted by Crippen LogP contribution is 2.28. The molecule has 0 saturated carbocycles. The molecular formula is C17H14BrCl2N3O3. The van der Waals surface area contributed by atoms with Crippen molar-refractivity contribution in [3.63, 3.8) is 0 Å². The number of rotatable bonds is 5. The van der Waals surface area contributed by atoms with Gasteiger partial charge in [0.05, 0.1) is 22.1 Å². The number of carbonyl (C=O) groups excluding carboxylic acids is 1. The molecule has 3 rings (SSSR count). The molecule has 0 radical (unpaired) electrons. The van der Waals surface area contributed by atoms with Crippen LogP contribution < -0.4 is 10.1 Å². The average Bonchev–Trinajstić information content (AvgIpc) is 3.13. The topological polar surface area (TPSA) is 69.3 Å². The second-order valence-electron chi connectivity index (χ2n) is 5.45. The van der Waals surface area contributed by atoms with Crippen LogP contribution in [0.5, 0.6) is 5.75 Å². The molecule has 1 N–H and O–H groups in total. The van der Waals surface area contributed by atoms with Crippen molar-refractivity contribution in [1.82, 2.24) is 9.78 Å². The first-order valence-corrected chi connectivity index (χ1v) is 9.08. The molecule has 0 bridgehead atoms. The zero-order valence-electron chi connectivity index (χ0n) is 13.8. The normalized spacial score (nSPS) is 10.8. The van der Waals surface area contributed by atoms with Gasteiger partial charge in [-0.15, -0.1) is 0 Å². The monoisotopic (exact) mass is 457 g/mol. The lowest BCUT2D eigenvalue weighted by Gasteiger charge is -2.10. The molecule has 0 spiro atoms. The predicted octanol–water partition coefficient (Wildman–Crippen LogP) is 5.45. The molecule has 3 aromatic rings. The van der Waals surface area contributed by atoms with Crippen LogP contribution in [0.2, 0.25) is 10.0 Å². The first kappa shape index (κ1) is 18.8. The van der Waals surface area contributed by atoms with Crippen LogP contribution in [-0.4, -0.2) is 15.7 Å². The number of aromatic nitrogens is 2. The van der Waals surface area contributed by atoms with E-state index in [1.165, 1.54) is 0 Å². The van der Waals surface area contributed by atoms with Crippen molar-refractivity contribution in [2.45, 2.75) is 20.6 Å². The fraction of sp³-hybridized carbons (Fsp3) is 0.176. The summed E-state index contributed by atoms with van der Waals surface area (Å²) < 4.78 is 13.1. The lowest BCUT2D eigenvalue weighted by atomic mass is 10.3. The molecule has 0 atom stereocenters. The van der Waals surface area contributed by atoms with Crippen molar-refractivity contribution < 1.29 is 13.9 Å². The van der Waals surface area contributed by atoms with Gasteiger partial charge in [0.1, 0.15) is 5.75 Å². The number of carbonyl (C=O) groups is 1. The molecule has 0 fully saturated rings. The Hall–Kier alpha value is -1.96. The van der Waals surface area contributed by atoms with E-state index in [0.717, 1.165) is 5.69 Å². The standard InChI is InChI=1S/C17H14BrCl2N3O3/c1-9-16(21-17(24)14-5-6-15(18)26-14)10(2)23(22-9)8-25-13-4-3-11(19)7-12(13)20/h3-7H,8H2,1-2H3,(H,21,24). The first-order chi connectivity index (χ1) is 12.3. The van der Waals surface area contributed by atoms with Gasteiger partial charge in [-0.2, -0.15) is 5.10 Å². The van der Waals surface area contributed by atoms with Crippen LogP contribution in [-0.2, 0) is 6.73 Å². The quantitative estimate of drug-likeness (QED) is 0.551. The molecule has 0 aliphatic rings. The minimum absolute atomic E-state index is 0.135. The Morgan fingerprint density at radius 2 is 2.08 bits per heavy atom. The van der Waals surface area contributed by atoms with Gasteiger partial charge in [-0.3, -0.25) is 4.79 Å². The number of aryl methyl sites for hydroxylation is 1. The third-order valence-corrected chi connectivity index (χ3v) is 4.61. The Kier molecular flexibility index (Phi) is 5.60. The molecule has 26 heavy (non-hydrogen) atoms. The minimum Gasteiger partial charge on any atom is -0.470 e. The Labute approximate surface area is 168 Å². The van der Waals surface area contributed by atoms with Gasteiger partial charge < -0.3 is 14.5 Å². The molecule has 1 aromatic carbocycles. The number of ether oxygens (including phenoxy) is 1. The van der Waals surface area contributed by atoms with Crippen molar-refractivity contribution in [1.29, 1.82) is 0 Å². The number of benzene rings is 1. The Balaban J connectivity index is 1.74. The van der Waals surface area contributed by atoms with E-state index in [4.69, 9.17) is 32.4 Å². The summed E-state index contributed by atoms with van der Waals surface area (Å²) >= 11 is 15.1. The molecular weight excluding hydrogens is 445 g/mol. The van der Waals surface area contributed by atoms with E-state index in [2.05, 4.69) is 26.3 Å². The lowest BCUT2D eigenvalue weighted by Crippen LogP contribution is -2.13. The number of anilines is 1. The molecule has 0 saturated heterocycles. The molecule has 1 amide bonds. The van der Waals surface area contributed by atoms with Crippen molar-refractivity contribution in [2.24, 2.45) is 0 Å². The molecule has 0 unspecified atom stereocenters. The number of hydrogen-bond donors (Lipinski definition) is 1. The second kappa shape index (κ2) is 7.73. The zero-order valence-corrected chi connectivity index (χ0v) is 16.9. The Bertz CT molecular complexity index is 968. The summed E-state index contributed by atoms with van der Waals surface area (Å²) in [6.07, 6.45) is 0. The van der Waals surface area contributed by atoms with Crippen LogP contribution in [0.25, 0.3) is 0 Å². The Morgan fingerprint density at radius 1 is 1.31 bits per heavy atom. The lowest BCUT2D eigenvalue weighted by molar-refractivity contribution is 0.0995. The summed E-state index contributed by atoms with van der Waals surface area (Å²) in [4.78, 5) is 12.3. The predicted molar refractivity (Wildman–Crippen MR) is 103 cm³/mol. The van der Waals surface area contributed by atoms with Crippen LogP contribution in [0, 0.1) is 13.8 Å². The van der Waals surface area contributed by atoms with E-state index >= 15 is 0 Å². The van der Waals surface area contributed by atoms with Crippen molar-refractivity contribution in [3.05, 3.63) is 62.2 Å². The van der Waals surface area contributed by atoms with Crippen molar-refractivity contribution >= 4 is 50.7 Å². The average molecular weight is 459 g/mol. The summed E-state index contributed by atoms with van der Waals surface area (Å²) in [5.41, 5.74) is 2.01. The van der Waals surface area contributed by atoms with Gasteiger partial charge in [-0.05, 0) is 60.1 Å². The second-order valence-corrected chi connectivity index (χ2v) is 7.08. The molecule has 0 aliphatic carbocycles. The van der Waals surface area contributed by atoms with Crippen molar-refractivity contribution in [3.8, 4) is 5.75 Å². The van der Waals surface area contributed by atoms with Gasteiger partial charge in [0.2, 0.25) is 0 Å². The SMILES string of the molecule is Cc1nn(COc2ccc(Cl)cc2Cl)c(C)c1NC(=O)c1ccc(Br)o1. The fourth-order valence-corrected chi connectivity index (χ4v) is 3.11. The number of hydrogen-bond acceptors (Lipinski definition) is 4. The van der Waals surface area contributed by atoms with Gasteiger partial charge in [-0.25, -0.2) is 4.68 Å². The maximum Gasteiger partial charge on any atom is 0.291 e. The summed E-state index contributed by atoms with van der Waals surface area (Å²) in [5, 5.41) is 8.15. The summed E-state index contributed by atoms with van der Waals surface area (Å²) in [6.45, 7) is 3.77. The third-order valence-electron chi connectivity index (χ3n) is 3.65. The third kappa shape index (κ3) is 4.06. The maximum absolute atomic E-state index is 12.3. The van der Waals surface area contributed by atoms with Gasteiger partial charge in [0.15, 0.2) is 17.2 Å². The summed E-state index contributed by atoms with van der Waals surface area (Å²) in [7, 11) is 0. The van der Waals surface area contributed by atoms with Crippen LogP contribution in [0.15, 0.2) is 39.4 Å². The van der Waals surface area contributed by atoms with E-state index < -0.39 is 0 Å². The van der Waals surface area contributed by atoms with Gasteiger partial charge in [0.25, 0.3) is 5.91 Å². The number of furan rings is 1. The number of nitrogens with one attached hydrogen (secondary N) is 1. The van der Waals surface area contributed by atoms with Gasteiger partial charge >= 0.3 is 0 Å². The van der Waals surface area contributed by atoms with Crippen LogP contribution in [0.1, 0.15) is 21.9 Å². The van der Waals surface area contributed by atoms with E-state index in [0.29, 0.717) is 31.8 Å². The van der Waals surface area contributed by atoms with Crippen LogP contribution >= 0.6 is 39.1 Å². The zero-order chi connectivity index (χ0) is 18.8. The summed E-state index contributed by atoms with van der Waals surface area (Å²) in [5.74, 6) is 0.338. The van der Waals surface area contributed by atoms with Crippen molar-refractivity contribution in [2.75, 3.05) is 5.32 Å². The molecule has 0 aliphatic heterocycles. The number of nitrogens with zero attached hydrogens (tertiary/aromatic N) is 2.